The largest absolute Gasteiger partial charge is 0.366 e. The monoisotopic (exact) mass is 263 g/mol. The van der Waals surface area contributed by atoms with E-state index in [0.29, 0.717) is 0 Å². The lowest BCUT2D eigenvalue weighted by Crippen LogP contribution is -2.34. The normalized spacial score (nSPS) is 11.4. The average Bonchev–Trinajstić information content (AvgIpc) is 2.36. The molecule has 3 nitrogen and oxygen atoms in total. The highest BCUT2D eigenvalue weighted by molar-refractivity contribution is 5.77. The third-order valence-electron chi connectivity index (χ3n) is 2.86. The maximum Gasteiger partial charge on any atom is 0.248 e. The topological polar surface area (TPSA) is 29.5 Å². The standard InChI is InChI=1S/C16H25NO2/c1-16(2,3)19-13-15(18)17(4)12-8-11-14-9-6-5-7-10-14/h5-7,9-10H,8,11-13H2,1-4H3. The molecule has 0 radical (unpaired) electrons. The first-order valence-corrected chi connectivity index (χ1v) is 6.80. The van der Waals surface area contributed by atoms with Crippen LogP contribution in [0.2, 0.25) is 0 Å². The molecule has 19 heavy (non-hydrogen) atoms. The molecule has 3 heteroatoms. The molecule has 0 heterocycles. The van der Waals surface area contributed by atoms with Crippen molar-refractivity contribution in [2.24, 2.45) is 0 Å². The van der Waals surface area contributed by atoms with Crippen molar-refractivity contribution < 1.29 is 9.53 Å². The van der Waals surface area contributed by atoms with Crippen LogP contribution in [0, 0.1) is 0 Å². The van der Waals surface area contributed by atoms with Crippen molar-refractivity contribution in [2.45, 2.75) is 39.2 Å². The van der Waals surface area contributed by atoms with Crippen molar-refractivity contribution in [1.29, 1.82) is 0 Å². The molecule has 0 atom stereocenters. The Morgan fingerprint density at radius 1 is 1.21 bits per heavy atom. The van der Waals surface area contributed by atoms with Gasteiger partial charge in [0.15, 0.2) is 0 Å². The van der Waals surface area contributed by atoms with Gasteiger partial charge in [0.25, 0.3) is 0 Å². The third-order valence-corrected chi connectivity index (χ3v) is 2.86. The summed E-state index contributed by atoms with van der Waals surface area (Å²) in [7, 11) is 1.83. The fourth-order valence-electron chi connectivity index (χ4n) is 1.68. The number of aryl methyl sites for hydroxylation is 1. The second-order valence-corrected chi connectivity index (χ2v) is 5.81. The molecule has 1 rings (SSSR count). The van der Waals surface area contributed by atoms with E-state index in [-0.39, 0.29) is 18.1 Å². The predicted molar refractivity (Wildman–Crippen MR) is 78.1 cm³/mol. The van der Waals surface area contributed by atoms with E-state index in [2.05, 4.69) is 12.1 Å². The molecule has 0 unspecified atom stereocenters. The van der Waals surface area contributed by atoms with Crippen LogP contribution in [0.1, 0.15) is 32.8 Å². The maximum atomic E-state index is 11.8. The van der Waals surface area contributed by atoms with Gasteiger partial charge in [0.2, 0.25) is 5.91 Å². The Morgan fingerprint density at radius 2 is 1.84 bits per heavy atom. The summed E-state index contributed by atoms with van der Waals surface area (Å²) in [6, 6.07) is 10.3. The molecule has 0 aliphatic rings. The number of ether oxygens (including phenoxy) is 1. The van der Waals surface area contributed by atoms with E-state index in [4.69, 9.17) is 4.74 Å². The van der Waals surface area contributed by atoms with E-state index in [1.165, 1.54) is 5.56 Å². The van der Waals surface area contributed by atoms with Gasteiger partial charge < -0.3 is 9.64 Å². The highest BCUT2D eigenvalue weighted by atomic mass is 16.5. The molecule has 0 spiro atoms. The van der Waals surface area contributed by atoms with Gasteiger partial charge in [0.05, 0.1) is 5.60 Å². The van der Waals surface area contributed by atoms with Gasteiger partial charge in [-0.25, -0.2) is 0 Å². The van der Waals surface area contributed by atoms with E-state index >= 15 is 0 Å². The Morgan fingerprint density at radius 3 is 2.42 bits per heavy atom. The first-order valence-electron chi connectivity index (χ1n) is 6.80. The molecule has 0 bridgehead atoms. The van der Waals surface area contributed by atoms with Crippen LogP contribution in [0.25, 0.3) is 0 Å². The summed E-state index contributed by atoms with van der Waals surface area (Å²) in [5.74, 6) is 0.0444. The van der Waals surface area contributed by atoms with Crippen molar-refractivity contribution in [3.05, 3.63) is 35.9 Å². The van der Waals surface area contributed by atoms with E-state index in [1.54, 1.807) is 4.90 Å². The van der Waals surface area contributed by atoms with Crippen LogP contribution in [0.3, 0.4) is 0 Å². The van der Waals surface area contributed by atoms with Gasteiger partial charge in [0, 0.05) is 13.6 Å². The van der Waals surface area contributed by atoms with Gasteiger partial charge in [0.1, 0.15) is 6.61 Å². The van der Waals surface area contributed by atoms with Crippen molar-refractivity contribution >= 4 is 5.91 Å². The summed E-state index contributed by atoms with van der Waals surface area (Å²) in [4.78, 5) is 13.6. The number of rotatable bonds is 6. The first kappa shape index (κ1) is 15.7. The molecule has 0 N–H and O–H groups in total. The molecule has 0 aromatic heterocycles. The molecule has 1 aromatic rings. The minimum Gasteiger partial charge on any atom is -0.366 e. The average molecular weight is 263 g/mol. The highest BCUT2D eigenvalue weighted by Gasteiger charge is 2.15. The number of carbonyl (C=O) groups is 1. The van der Waals surface area contributed by atoms with Gasteiger partial charge in [-0.1, -0.05) is 30.3 Å². The Bertz CT molecular complexity index is 381. The van der Waals surface area contributed by atoms with E-state index in [0.717, 1.165) is 19.4 Å². The Hall–Kier alpha value is -1.35. The zero-order chi connectivity index (χ0) is 14.3. The molecule has 0 saturated carbocycles. The second-order valence-electron chi connectivity index (χ2n) is 5.81. The lowest BCUT2D eigenvalue weighted by Gasteiger charge is -2.22. The van der Waals surface area contributed by atoms with Crippen molar-refractivity contribution in [3.63, 3.8) is 0 Å². The third kappa shape index (κ3) is 6.97. The Balaban J connectivity index is 2.23. The zero-order valence-electron chi connectivity index (χ0n) is 12.5. The first-order chi connectivity index (χ1) is 8.88. The van der Waals surface area contributed by atoms with Crippen molar-refractivity contribution in [1.82, 2.24) is 4.90 Å². The summed E-state index contributed by atoms with van der Waals surface area (Å²) in [5.41, 5.74) is 1.05. The van der Waals surface area contributed by atoms with Gasteiger partial charge in [-0.3, -0.25) is 4.79 Å². The zero-order valence-corrected chi connectivity index (χ0v) is 12.5. The molecule has 1 amide bonds. The summed E-state index contributed by atoms with van der Waals surface area (Å²) >= 11 is 0. The maximum absolute atomic E-state index is 11.8. The van der Waals surface area contributed by atoms with Gasteiger partial charge in [-0.2, -0.15) is 0 Å². The molecule has 106 valence electrons. The number of amides is 1. The Labute approximate surface area is 116 Å². The van der Waals surface area contributed by atoms with Crippen LogP contribution in [0.5, 0.6) is 0 Å². The van der Waals surface area contributed by atoms with E-state index < -0.39 is 0 Å². The fraction of sp³-hybridized carbons (Fsp3) is 0.562. The van der Waals surface area contributed by atoms with Crippen molar-refractivity contribution in [2.75, 3.05) is 20.2 Å². The molecular formula is C16H25NO2. The molecular weight excluding hydrogens is 238 g/mol. The lowest BCUT2D eigenvalue weighted by atomic mass is 10.1. The molecule has 1 aromatic carbocycles. The number of benzene rings is 1. The van der Waals surface area contributed by atoms with Crippen LogP contribution in [-0.2, 0) is 16.0 Å². The predicted octanol–water partition coefficient (Wildman–Crippen LogP) is 2.89. The number of nitrogens with zero attached hydrogens (tertiary/aromatic N) is 1. The second kappa shape index (κ2) is 7.29. The fourth-order valence-corrected chi connectivity index (χ4v) is 1.68. The minimum absolute atomic E-state index is 0.0444. The number of likely N-dealkylation sites (N-methyl/N-ethyl adjacent to an activating group) is 1. The van der Waals surface area contributed by atoms with E-state index in [1.807, 2.05) is 46.0 Å². The highest BCUT2D eigenvalue weighted by Crippen LogP contribution is 2.07. The van der Waals surface area contributed by atoms with Crippen LogP contribution in [0.15, 0.2) is 30.3 Å². The molecule has 0 saturated heterocycles. The van der Waals surface area contributed by atoms with Crippen LogP contribution < -0.4 is 0 Å². The smallest absolute Gasteiger partial charge is 0.248 e. The van der Waals surface area contributed by atoms with E-state index in [9.17, 15) is 4.79 Å². The van der Waals surface area contributed by atoms with Gasteiger partial charge >= 0.3 is 0 Å². The lowest BCUT2D eigenvalue weighted by molar-refractivity contribution is -0.139. The molecule has 0 aliphatic carbocycles. The number of hydrogen-bond donors (Lipinski definition) is 0. The summed E-state index contributed by atoms with van der Waals surface area (Å²) < 4.78 is 5.49. The molecule has 0 aliphatic heterocycles. The molecule has 0 fully saturated rings. The van der Waals surface area contributed by atoms with Crippen LogP contribution >= 0.6 is 0 Å². The Kier molecular flexibility index (Phi) is 6.03. The number of hydrogen-bond acceptors (Lipinski definition) is 2. The summed E-state index contributed by atoms with van der Waals surface area (Å²) in [6.45, 7) is 6.79. The van der Waals surface area contributed by atoms with Crippen LogP contribution in [0.4, 0.5) is 0 Å². The van der Waals surface area contributed by atoms with Crippen molar-refractivity contribution in [3.8, 4) is 0 Å². The minimum atomic E-state index is -0.263. The van der Waals surface area contributed by atoms with Gasteiger partial charge in [-0.05, 0) is 39.2 Å². The SMILES string of the molecule is CN(CCCc1ccccc1)C(=O)COC(C)(C)C. The van der Waals surface area contributed by atoms with Gasteiger partial charge in [-0.15, -0.1) is 0 Å². The number of carbonyl (C=O) groups excluding carboxylic acids is 1. The summed E-state index contributed by atoms with van der Waals surface area (Å²) in [6.07, 6.45) is 1.97. The summed E-state index contributed by atoms with van der Waals surface area (Å²) in [5, 5.41) is 0. The van der Waals surface area contributed by atoms with Crippen LogP contribution in [-0.4, -0.2) is 36.6 Å². The quantitative estimate of drug-likeness (QED) is 0.790.